The van der Waals surface area contributed by atoms with Crippen LogP contribution in [0.2, 0.25) is 5.02 Å². The first kappa shape index (κ1) is 28.6. The van der Waals surface area contributed by atoms with Gasteiger partial charge in [-0.1, -0.05) is 35.9 Å². The number of aromatic nitrogens is 5. The van der Waals surface area contributed by atoms with Crippen molar-refractivity contribution in [1.29, 1.82) is 0 Å². The lowest BCUT2D eigenvalue weighted by atomic mass is 10.0. The fourth-order valence-electron chi connectivity index (χ4n) is 5.12. The number of halogens is 2. The molecule has 1 fully saturated rings. The molecule has 1 aliphatic rings. The standard InChI is InChI=1S/C30H25ClFN7O3S/c1-16(40)28-22-9-18(19-11-33-17(2)34-12-19)7-8-25(22)39(37-28)14-27(41)38-13-20(32)10-26(38)29(42)36-30-35-24(15-43-30)21-5-3-4-6-23(21)31/h3-9,11-12,15,20,26H,10,13-14H2,1-2H3,(H,35,36,42)/t20-,26+/m1/s1. The Balaban J connectivity index is 1.22. The van der Waals surface area contributed by atoms with Gasteiger partial charge in [0.05, 0.1) is 17.8 Å². The third-order valence-electron chi connectivity index (χ3n) is 7.24. The van der Waals surface area contributed by atoms with Crippen LogP contribution in [0.4, 0.5) is 9.52 Å². The summed E-state index contributed by atoms with van der Waals surface area (Å²) >= 11 is 7.48. The van der Waals surface area contributed by atoms with Crippen LogP contribution >= 0.6 is 22.9 Å². The van der Waals surface area contributed by atoms with Crippen LogP contribution in [0.1, 0.15) is 29.7 Å². The van der Waals surface area contributed by atoms with Gasteiger partial charge in [-0.2, -0.15) is 5.10 Å². The number of nitrogens with one attached hydrogen (secondary N) is 1. The molecule has 2 aromatic carbocycles. The molecule has 6 rings (SSSR count). The van der Waals surface area contributed by atoms with Crippen molar-refractivity contribution in [3.63, 3.8) is 0 Å². The van der Waals surface area contributed by atoms with Gasteiger partial charge in [0.15, 0.2) is 10.9 Å². The summed E-state index contributed by atoms with van der Waals surface area (Å²) in [5.41, 5.74) is 3.64. The lowest BCUT2D eigenvalue weighted by Crippen LogP contribution is -2.44. The summed E-state index contributed by atoms with van der Waals surface area (Å²) in [6, 6.07) is 11.6. The minimum Gasteiger partial charge on any atom is -0.326 e. The Morgan fingerprint density at radius 2 is 1.88 bits per heavy atom. The molecule has 2 amide bonds. The summed E-state index contributed by atoms with van der Waals surface area (Å²) in [5.74, 6) is -0.658. The maximum atomic E-state index is 14.6. The molecule has 0 spiro atoms. The Kier molecular flexibility index (Phi) is 7.72. The van der Waals surface area contributed by atoms with Crippen LogP contribution in [0.25, 0.3) is 33.3 Å². The van der Waals surface area contributed by atoms with Crippen LogP contribution in [0.15, 0.2) is 60.2 Å². The third kappa shape index (κ3) is 5.75. The molecule has 13 heteroatoms. The highest BCUT2D eigenvalue weighted by atomic mass is 35.5. The quantitative estimate of drug-likeness (QED) is 0.244. The lowest BCUT2D eigenvalue weighted by Gasteiger charge is -2.23. The maximum Gasteiger partial charge on any atom is 0.249 e. The first-order chi connectivity index (χ1) is 20.7. The van der Waals surface area contributed by atoms with Crippen molar-refractivity contribution < 1.29 is 18.8 Å². The maximum absolute atomic E-state index is 14.6. The number of benzene rings is 2. The van der Waals surface area contributed by atoms with Gasteiger partial charge in [-0.3, -0.25) is 19.1 Å². The molecule has 0 radical (unpaired) electrons. The third-order valence-corrected chi connectivity index (χ3v) is 8.33. The number of carbonyl (C=O) groups is 3. The largest absolute Gasteiger partial charge is 0.326 e. The number of thiazole rings is 1. The summed E-state index contributed by atoms with van der Waals surface area (Å²) < 4.78 is 16.0. The summed E-state index contributed by atoms with van der Waals surface area (Å²) in [6.45, 7) is 2.69. The van der Waals surface area contributed by atoms with Gasteiger partial charge in [-0.25, -0.2) is 19.3 Å². The molecule has 2 atom stereocenters. The molecule has 3 aromatic heterocycles. The molecular weight excluding hydrogens is 593 g/mol. The summed E-state index contributed by atoms with van der Waals surface area (Å²) in [6.07, 6.45) is 1.89. The van der Waals surface area contributed by atoms with Gasteiger partial charge in [-0.15, -0.1) is 11.3 Å². The van der Waals surface area contributed by atoms with Crippen LogP contribution in [0.5, 0.6) is 0 Å². The Labute approximate surface area is 254 Å². The highest BCUT2D eigenvalue weighted by Gasteiger charge is 2.40. The number of likely N-dealkylation sites (tertiary alicyclic amines) is 1. The number of rotatable bonds is 7. The van der Waals surface area contributed by atoms with E-state index in [0.29, 0.717) is 32.6 Å². The van der Waals surface area contributed by atoms with Crippen molar-refractivity contribution in [3.05, 3.63) is 76.8 Å². The van der Waals surface area contributed by atoms with Gasteiger partial charge in [0.2, 0.25) is 11.8 Å². The van der Waals surface area contributed by atoms with Crippen molar-refractivity contribution in [1.82, 2.24) is 29.6 Å². The monoisotopic (exact) mass is 617 g/mol. The Hall–Kier alpha value is -4.55. The van der Waals surface area contributed by atoms with Gasteiger partial charge in [-0.05, 0) is 30.7 Å². The van der Waals surface area contributed by atoms with Crippen molar-refractivity contribution in [3.8, 4) is 22.4 Å². The SMILES string of the molecule is CC(=O)c1nn(CC(=O)N2C[C@H](F)C[C@H]2C(=O)Nc2nc(-c3ccccc3Cl)cs2)c2ccc(-c3cnc(C)nc3)cc12. The number of aryl methyl sites for hydroxylation is 1. The van der Waals surface area contributed by atoms with Crippen LogP contribution in [-0.2, 0) is 16.1 Å². The smallest absolute Gasteiger partial charge is 0.249 e. The molecule has 5 aromatic rings. The fraction of sp³-hybridized carbons (Fsp3) is 0.233. The van der Waals surface area contributed by atoms with E-state index in [-0.39, 0.29) is 31.0 Å². The first-order valence-corrected chi connectivity index (χ1v) is 14.7. The second kappa shape index (κ2) is 11.6. The topological polar surface area (TPSA) is 123 Å². The van der Waals surface area contributed by atoms with Crippen LogP contribution < -0.4 is 5.32 Å². The van der Waals surface area contributed by atoms with E-state index < -0.39 is 24.0 Å². The zero-order valence-corrected chi connectivity index (χ0v) is 24.7. The Morgan fingerprint density at radius 3 is 2.63 bits per heavy atom. The number of amides is 2. The van der Waals surface area contributed by atoms with E-state index in [1.165, 1.54) is 27.8 Å². The highest BCUT2D eigenvalue weighted by Crippen LogP contribution is 2.31. The molecule has 4 heterocycles. The van der Waals surface area contributed by atoms with Gasteiger partial charge in [0, 0.05) is 52.7 Å². The fourth-order valence-corrected chi connectivity index (χ4v) is 6.07. The van der Waals surface area contributed by atoms with Gasteiger partial charge >= 0.3 is 0 Å². The van der Waals surface area contributed by atoms with E-state index >= 15 is 0 Å². The van der Waals surface area contributed by atoms with E-state index in [0.717, 1.165) is 16.7 Å². The van der Waals surface area contributed by atoms with Crippen LogP contribution in [-0.4, -0.2) is 66.0 Å². The van der Waals surface area contributed by atoms with Gasteiger partial charge in [0.1, 0.15) is 30.3 Å². The van der Waals surface area contributed by atoms with Crippen molar-refractivity contribution in [2.75, 3.05) is 11.9 Å². The number of fused-ring (bicyclic) bond motifs is 1. The zero-order chi connectivity index (χ0) is 30.2. The molecule has 0 bridgehead atoms. The Morgan fingerprint density at radius 1 is 1.12 bits per heavy atom. The van der Waals surface area contributed by atoms with Crippen LogP contribution in [0, 0.1) is 6.92 Å². The zero-order valence-electron chi connectivity index (χ0n) is 23.1. The van der Waals surface area contributed by atoms with Crippen molar-refractivity contribution in [2.45, 2.75) is 39.0 Å². The summed E-state index contributed by atoms with van der Waals surface area (Å²) in [7, 11) is 0. The van der Waals surface area contributed by atoms with E-state index in [1.54, 1.807) is 36.8 Å². The predicted octanol–water partition coefficient (Wildman–Crippen LogP) is 5.36. The van der Waals surface area contributed by atoms with E-state index in [2.05, 4.69) is 25.4 Å². The number of Topliss-reactive ketones (excluding diaryl/α,β-unsaturated/α-hetero) is 1. The first-order valence-electron chi connectivity index (χ1n) is 13.4. The van der Waals surface area contributed by atoms with Crippen molar-refractivity contribution >= 4 is 56.6 Å². The molecule has 1 saturated heterocycles. The molecule has 0 saturated carbocycles. The average Bonchev–Trinajstić information content (AvgIpc) is 3.71. The number of alkyl halides is 1. The predicted molar refractivity (Wildman–Crippen MR) is 162 cm³/mol. The lowest BCUT2D eigenvalue weighted by molar-refractivity contribution is -0.137. The molecule has 218 valence electrons. The molecule has 0 unspecified atom stereocenters. The van der Waals surface area contributed by atoms with E-state index in [1.807, 2.05) is 30.3 Å². The Bertz CT molecular complexity index is 1870. The van der Waals surface area contributed by atoms with E-state index in [9.17, 15) is 18.8 Å². The number of carbonyl (C=O) groups excluding carboxylic acids is 3. The normalized spacial score (nSPS) is 16.5. The summed E-state index contributed by atoms with van der Waals surface area (Å²) in [5, 5.41) is 10.3. The number of ketones is 1. The van der Waals surface area contributed by atoms with Gasteiger partial charge < -0.3 is 10.2 Å². The second-order valence-corrected chi connectivity index (χ2v) is 11.5. The van der Waals surface area contributed by atoms with Crippen LogP contribution in [0.3, 0.4) is 0 Å². The molecule has 1 N–H and O–H groups in total. The van der Waals surface area contributed by atoms with Gasteiger partial charge in [0.25, 0.3) is 0 Å². The van der Waals surface area contributed by atoms with E-state index in [4.69, 9.17) is 11.6 Å². The summed E-state index contributed by atoms with van der Waals surface area (Å²) in [4.78, 5) is 53.3. The second-order valence-electron chi connectivity index (χ2n) is 10.2. The van der Waals surface area contributed by atoms with Crippen molar-refractivity contribution in [2.24, 2.45) is 0 Å². The number of hydrogen-bond acceptors (Lipinski definition) is 8. The number of anilines is 1. The highest BCUT2D eigenvalue weighted by molar-refractivity contribution is 7.14. The molecular formula is C30H25ClFN7O3S. The minimum absolute atomic E-state index is 0.138. The minimum atomic E-state index is -1.36. The molecule has 0 aliphatic carbocycles. The molecule has 43 heavy (non-hydrogen) atoms. The molecule has 1 aliphatic heterocycles. The molecule has 10 nitrogen and oxygen atoms in total. The number of hydrogen-bond donors (Lipinski definition) is 1. The number of nitrogens with zero attached hydrogens (tertiary/aromatic N) is 6. The average molecular weight is 618 g/mol.